The van der Waals surface area contributed by atoms with Crippen LogP contribution in [0.3, 0.4) is 0 Å². The first-order valence-electron chi connectivity index (χ1n) is 10.5. The number of benzene rings is 3. The van der Waals surface area contributed by atoms with Gasteiger partial charge in [0.25, 0.3) is 5.91 Å². The van der Waals surface area contributed by atoms with Gasteiger partial charge in [0.2, 0.25) is 11.2 Å². The van der Waals surface area contributed by atoms with E-state index in [-0.39, 0.29) is 23.7 Å². The summed E-state index contributed by atoms with van der Waals surface area (Å²) in [6.07, 6.45) is 1.28. The smallest absolute Gasteiger partial charge is 0.262 e. The summed E-state index contributed by atoms with van der Waals surface area (Å²) in [4.78, 5) is 25.2. The number of para-hydroxylation sites is 1. The van der Waals surface area contributed by atoms with Crippen LogP contribution in [0.25, 0.3) is 11.0 Å². The highest BCUT2D eigenvalue weighted by Gasteiger charge is 2.14. The van der Waals surface area contributed by atoms with Crippen LogP contribution in [0.5, 0.6) is 17.2 Å². The van der Waals surface area contributed by atoms with Crippen molar-refractivity contribution in [3.8, 4) is 17.2 Å². The average molecular weight is 498 g/mol. The second kappa shape index (κ2) is 10.2. The van der Waals surface area contributed by atoms with E-state index in [0.717, 1.165) is 5.56 Å². The van der Waals surface area contributed by atoms with Crippen molar-refractivity contribution in [2.45, 2.75) is 19.8 Å². The molecule has 0 radical (unpaired) electrons. The fourth-order valence-corrected chi connectivity index (χ4v) is 3.69. The van der Waals surface area contributed by atoms with Crippen LogP contribution in [0.2, 0.25) is 10.0 Å². The van der Waals surface area contributed by atoms with Crippen molar-refractivity contribution < 1.29 is 18.7 Å². The predicted molar refractivity (Wildman–Crippen MR) is 134 cm³/mol. The average Bonchev–Trinajstić information content (AvgIpc) is 2.82. The fourth-order valence-electron chi connectivity index (χ4n) is 3.35. The van der Waals surface area contributed by atoms with E-state index in [4.69, 9.17) is 37.1 Å². The van der Waals surface area contributed by atoms with Gasteiger partial charge in [-0.15, -0.1) is 0 Å². The quantitative estimate of drug-likeness (QED) is 0.296. The lowest BCUT2D eigenvalue weighted by molar-refractivity contribution is -0.118. The molecule has 1 aromatic heterocycles. The van der Waals surface area contributed by atoms with Gasteiger partial charge in [-0.2, -0.15) is 0 Å². The minimum atomic E-state index is -0.418. The van der Waals surface area contributed by atoms with Gasteiger partial charge >= 0.3 is 0 Å². The molecule has 8 heteroatoms. The third-order valence-corrected chi connectivity index (χ3v) is 5.61. The zero-order valence-corrected chi connectivity index (χ0v) is 19.9. The maximum atomic E-state index is 12.9. The molecule has 0 aliphatic rings. The standard InChI is InChI=1S/C26H21Cl2NO5/c1-15(2)18-5-3-4-6-22(18)34-24-13-33-23-12-17(8-9-19(23)26(24)31)32-14-25(30)29-21-11-16(27)7-10-20(21)28/h3-13,15H,14H2,1-2H3,(H,29,30). The van der Waals surface area contributed by atoms with Crippen molar-refractivity contribution in [2.75, 3.05) is 11.9 Å². The zero-order valence-electron chi connectivity index (χ0n) is 18.4. The Bertz CT molecular complexity index is 1410. The van der Waals surface area contributed by atoms with E-state index in [1.54, 1.807) is 36.4 Å². The van der Waals surface area contributed by atoms with Crippen LogP contribution in [0.4, 0.5) is 5.69 Å². The van der Waals surface area contributed by atoms with Crippen molar-refractivity contribution in [1.29, 1.82) is 0 Å². The first-order valence-corrected chi connectivity index (χ1v) is 11.3. The van der Waals surface area contributed by atoms with Gasteiger partial charge in [-0.1, -0.05) is 55.2 Å². The summed E-state index contributed by atoms with van der Waals surface area (Å²) >= 11 is 12.0. The Labute approximate surface area is 206 Å². The van der Waals surface area contributed by atoms with Gasteiger partial charge in [-0.25, -0.2) is 0 Å². The topological polar surface area (TPSA) is 77.8 Å². The molecule has 0 unspecified atom stereocenters. The Kier molecular flexibility index (Phi) is 7.10. The number of carbonyl (C=O) groups excluding carboxylic acids is 1. The number of rotatable bonds is 7. The number of nitrogens with one attached hydrogen (secondary N) is 1. The summed E-state index contributed by atoms with van der Waals surface area (Å²) in [6, 6.07) is 17.0. The normalized spacial score (nSPS) is 11.0. The molecule has 0 fully saturated rings. The number of hydrogen-bond donors (Lipinski definition) is 1. The number of halogens is 2. The van der Waals surface area contributed by atoms with Crippen LogP contribution < -0.4 is 20.2 Å². The molecule has 3 aromatic carbocycles. The molecule has 0 atom stereocenters. The Hall–Kier alpha value is -3.48. The second-order valence-electron chi connectivity index (χ2n) is 7.84. The molecule has 4 aromatic rings. The van der Waals surface area contributed by atoms with Crippen LogP contribution in [0, 0.1) is 0 Å². The zero-order chi connectivity index (χ0) is 24.2. The minimum absolute atomic E-state index is 0.0899. The fraction of sp³-hybridized carbons (Fsp3) is 0.154. The van der Waals surface area contributed by atoms with Crippen LogP contribution in [0.15, 0.2) is 76.1 Å². The van der Waals surface area contributed by atoms with E-state index < -0.39 is 5.91 Å². The van der Waals surface area contributed by atoms with Gasteiger partial charge in [0.1, 0.15) is 23.3 Å². The highest BCUT2D eigenvalue weighted by Crippen LogP contribution is 2.30. The lowest BCUT2D eigenvalue weighted by atomic mass is 10.0. The van der Waals surface area contributed by atoms with Crippen molar-refractivity contribution >= 4 is 45.8 Å². The van der Waals surface area contributed by atoms with E-state index in [0.29, 0.717) is 38.2 Å². The van der Waals surface area contributed by atoms with Crippen LogP contribution in [-0.4, -0.2) is 12.5 Å². The van der Waals surface area contributed by atoms with Gasteiger partial charge in [0, 0.05) is 11.1 Å². The maximum Gasteiger partial charge on any atom is 0.262 e. The third kappa shape index (κ3) is 5.35. The summed E-state index contributed by atoms with van der Waals surface area (Å²) in [5.41, 5.74) is 1.38. The highest BCUT2D eigenvalue weighted by molar-refractivity contribution is 6.35. The van der Waals surface area contributed by atoms with Crippen LogP contribution in [0.1, 0.15) is 25.3 Å². The Morgan fingerprint density at radius 3 is 2.62 bits per heavy atom. The second-order valence-corrected chi connectivity index (χ2v) is 8.69. The van der Waals surface area contributed by atoms with Crippen molar-refractivity contribution in [1.82, 2.24) is 0 Å². The third-order valence-electron chi connectivity index (χ3n) is 5.05. The first kappa shape index (κ1) is 23.7. The van der Waals surface area contributed by atoms with E-state index >= 15 is 0 Å². The SMILES string of the molecule is CC(C)c1ccccc1Oc1coc2cc(OCC(=O)Nc3cc(Cl)ccc3Cl)ccc2c1=O. The van der Waals surface area contributed by atoms with Gasteiger partial charge in [-0.05, 0) is 47.9 Å². The largest absolute Gasteiger partial charge is 0.484 e. The molecular weight excluding hydrogens is 477 g/mol. The van der Waals surface area contributed by atoms with Crippen molar-refractivity contribution in [3.63, 3.8) is 0 Å². The molecule has 0 aliphatic carbocycles. The summed E-state index contributed by atoms with van der Waals surface area (Å²) in [6.45, 7) is 3.83. The molecule has 0 spiro atoms. The van der Waals surface area contributed by atoms with Crippen molar-refractivity contribution in [2.24, 2.45) is 0 Å². The Balaban J connectivity index is 1.48. The number of carbonyl (C=O) groups is 1. The van der Waals surface area contributed by atoms with E-state index in [1.165, 1.54) is 6.26 Å². The number of ether oxygens (including phenoxy) is 2. The van der Waals surface area contributed by atoms with Crippen LogP contribution in [-0.2, 0) is 4.79 Å². The van der Waals surface area contributed by atoms with Gasteiger partial charge in [0.15, 0.2) is 6.61 Å². The van der Waals surface area contributed by atoms with E-state index in [9.17, 15) is 9.59 Å². The molecule has 174 valence electrons. The molecule has 6 nitrogen and oxygen atoms in total. The molecule has 0 saturated carbocycles. The molecule has 1 amide bonds. The summed E-state index contributed by atoms with van der Waals surface area (Å²) in [7, 11) is 0. The number of hydrogen-bond acceptors (Lipinski definition) is 5. The molecule has 4 rings (SSSR count). The lowest BCUT2D eigenvalue weighted by Gasteiger charge is -2.13. The molecule has 0 bridgehead atoms. The van der Waals surface area contributed by atoms with E-state index in [2.05, 4.69) is 19.2 Å². The highest BCUT2D eigenvalue weighted by atomic mass is 35.5. The summed E-state index contributed by atoms with van der Waals surface area (Å²) in [5, 5.41) is 3.78. The minimum Gasteiger partial charge on any atom is -0.484 e. The summed E-state index contributed by atoms with van der Waals surface area (Å²) < 4.78 is 17.1. The number of amides is 1. The van der Waals surface area contributed by atoms with Gasteiger partial charge in [-0.3, -0.25) is 9.59 Å². The number of anilines is 1. The predicted octanol–water partition coefficient (Wildman–Crippen LogP) is 7.03. The Morgan fingerprint density at radius 2 is 1.82 bits per heavy atom. The maximum absolute atomic E-state index is 12.9. The van der Waals surface area contributed by atoms with Gasteiger partial charge < -0.3 is 19.2 Å². The molecule has 0 saturated heterocycles. The van der Waals surface area contributed by atoms with Crippen molar-refractivity contribution in [3.05, 3.63) is 92.8 Å². The Morgan fingerprint density at radius 1 is 1.03 bits per heavy atom. The van der Waals surface area contributed by atoms with Gasteiger partial charge in [0.05, 0.1) is 16.1 Å². The summed E-state index contributed by atoms with van der Waals surface area (Å²) in [5.74, 6) is 0.873. The lowest BCUT2D eigenvalue weighted by Crippen LogP contribution is -2.20. The van der Waals surface area contributed by atoms with Crippen LogP contribution >= 0.6 is 23.2 Å². The van der Waals surface area contributed by atoms with E-state index in [1.807, 2.05) is 24.3 Å². The first-order chi connectivity index (χ1) is 16.3. The molecule has 1 N–H and O–H groups in total. The molecular formula is C26H21Cl2NO5. The molecule has 34 heavy (non-hydrogen) atoms. The number of fused-ring (bicyclic) bond motifs is 1. The molecule has 0 aliphatic heterocycles. The molecule has 1 heterocycles. The monoisotopic (exact) mass is 497 g/mol.